The second kappa shape index (κ2) is 3.53. The van der Waals surface area contributed by atoms with Crippen LogP contribution in [0, 0.1) is 10.1 Å². The Bertz CT molecular complexity index is 357. The Morgan fingerprint density at radius 2 is 2.31 bits per heavy atom. The van der Waals surface area contributed by atoms with E-state index in [1.165, 1.54) is 20.1 Å². The Labute approximate surface area is 78.1 Å². The molecule has 0 N–H and O–H groups in total. The molecule has 0 fully saturated rings. The van der Waals surface area contributed by atoms with E-state index >= 15 is 0 Å². The van der Waals surface area contributed by atoms with E-state index < -0.39 is 4.92 Å². The fraction of sp³-hybridized carbons (Fsp3) is 0.286. The Hall–Kier alpha value is -1.43. The first-order valence-corrected chi connectivity index (χ1v) is 4.21. The van der Waals surface area contributed by atoms with Crippen molar-refractivity contribution in [1.82, 2.24) is 0 Å². The van der Waals surface area contributed by atoms with Crippen LogP contribution in [0.1, 0.15) is 16.6 Å². The lowest BCUT2D eigenvalue weighted by molar-refractivity contribution is -0.385. The van der Waals surface area contributed by atoms with E-state index in [2.05, 4.69) is 0 Å². The molecule has 0 saturated heterocycles. The van der Waals surface area contributed by atoms with E-state index in [1.54, 1.807) is 0 Å². The van der Waals surface area contributed by atoms with Crippen molar-refractivity contribution in [3.63, 3.8) is 0 Å². The van der Waals surface area contributed by atoms with Gasteiger partial charge in [-0.2, -0.15) is 0 Å². The first kappa shape index (κ1) is 9.66. The van der Waals surface area contributed by atoms with Crippen LogP contribution in [0.4, 0.5) is 5.69 Å². The average molecular weight is 201 g/mol. The average Bonchev–Trinajstić information content (AvgIpc) is 2.47. The fourth-order valence-corrected chi connectivity index (χ4v) is 1.65. The molecule has 0 unspecified atom stereocenters. The van der Waals surface area contributed by atoms with E-state index in [1.807, 2.05) is 0 Å². The highest BCUT2D eigenvalue weighted by molar-refractivity contribution is 7.16. The highest BCUT2D eigenvalue weighted by atomic mass is 32.1. The van der Waals surface area contributed by atoms with Crippen molar-refractivity contribution in [2.45, 2.75) is 6.92 Å². The van der Waals surface area contributed by atoms with Crippen LogP contribution in [0.5, 0.6) is 5.06 Å². The summed E-state index contributed by atoms with van der Waals surface area (Å²) in [5.41, 5.74) is -0.155. The first-order valence-electron chi connectivity index (χ1n) is 3.39. The maximum atomic E-state index is 10.9. The summed E-state index contributed by atoms with van der Waals surface area (Å²) >= 11 is 0.982. The molecular weight excluding hydrogens is 194 g/mol. The highest BCUT2D eigenvalue weighted by Gasteiger charge is 2.21. The van der Waals surface area contributed by atoms with Crippen molar-refractivity contribution in [2.75, 3.05) is 7.11 Å². The molecule has 0 saturated carbocycles. The van der Waals surface area contributed by atoms with Gasteiger partial charge in [0.25, 0.3) is 5.06 Å². The molecule has 70 valence electrons. The number of ether oxygens (including phenoxy) is 1. The molecule has 1 heterocycles. The van der Waals surface area contributed by atoms with Gasteiger partial charge in [0.1, 0.15) is 0 Å². The Morgan fingerprint density at radius 3 is 2.62 bits per heavy atom. The maximum absolute atomic E-state index is 10.9. The molecule has 0 radical (unpaired) electrons. The van der Waals surface area contributed by atoms with Crippen LogP contribution in [0.3, 0.4) is 0 Å². The molecule has 13 heavy (non-hydrogen) atoms. The largest absolute Gasteiger partial charge is 0.482 e. The van der Waals surface area contributed by atoms with Crippen LogP contribution in [-0.2, 0) is 0 Å². The number of hydrogen-bond acceptors (Lipinski definition) is 5. The number of thiophene rings is 1. The second-order valence-corrected chi connectivity index (χ2v) is 3.32. The second-order valence-electron chi connectivity index (χ2n) is 2.30. The smallest absolute Gasteiger partial charge is 0.323 e. The molecule has 1 aromatic heterocycles. The predicted octanol–water partition coefficient (Wildman–Crippen LogP) is 1.87. The number of ketones is 1. The van der Waals surface area contributed by atoms with Crippen molar-refractivity contribution in [3.05, 3.63) is 21.1 Å². The zero-order valence-electron chi connectivity index (χ0n) is 7.07. The molecule has 6 heteroatoms. The van der Waals surface area contributed by atoms with Gasteiger partial charge in [0, 0.05) is 6.07 Å². The minimum Gasteiger partial charge on any atom is -0.482 e. The third-order valence-corrected chi connectivity index (χ3v) is 2.60. The zero-order chi connectivity index (χ0) is 10.0. The number of Topliss-reactive ketones (excluding diaryl/α,β-unsaturated/α-hetero) is 1. The standard InChI is InChI=1S/C7H7NO4S/c1-4(9)6-3-5(8(10)11)7(12-2)13-6/h3H,1-2H3. The lowest BCUT2D eigenvalue weighted by atomic mass is 10.3. The van der Waals surface area contributed by atoms with Gasteiger partial charge in [-0.05, 0) is 6.92 Å². The number of methoxy groups -OCH3 is 1. The fourth-order valence-electron chi connectivity index (χ4n) is 0.812. The topological polar surface area (TPSA) is 69.4 Å². The maximum Gasteiger partial charge on any atom is 0.323 e. The molecule has 0 amide bonds. The van der Waals surface area contributed by atoms with Gasteiger partial charge < -0.3 is 4.74 Å². The monoisotopic (exact) mass is 201 g/mol. The Morgan fingerprint density at radius 1 is 1.69 bits per heavy atom. The molecule has 0 aromatic carbocycles. The third-order valence-electron chi connectivity index (χ3n) is 1.41. The molecule has 5 nitrogen and oxygen atoms in total. The summed E-state index contributed by atoms with van der Waals surface area (Å²) in [6, 6.07) is 1.23. The zero-order valence-corrected chi connectivity index (χ0v) is 7.88. The number of carbonyl (C=O) groups excluding carboxylic acids is 1. The van der Waals surface area contributed by atoms with Gasteiger partial charge in [-0.25, -0.2) is 0 Å². The normalized spacial score (nSPS) is 9.69. The minimum absolute atomic E-state index is 0.155. The molecule has 0 bridgehead atoms. The molecule has 0 aliphatic rings. The van der Waals surface area contributed by atoms with Crippen molar-refractivity contribution in [1.29, 1.82) is 0 Å². The summed E-state index contributed by atoms with van der Waals surface area (Å²) in [5, 5.41) is 10.6. The summed E-state index contributed by atoms with van der Waals surface area (Å²) in [6.07, 6.45) is 0. The number of nitro groups is 1. The molecule has 0 aliphatic heterocycles. The van der Waals surface area contributed by atoms with E-state index in [4.69, 9.17) is 4.74 Å². The van der Waals surface area contributed by atoms with E-state index in [9.17, 15) is 14.9 Å². The summed E-state index contributed by atoms with van der Waals surface area (Å²) in [5.74, 6) is -0.198. The van der Waals surface area contributed by atoms with Crippen LogP contribution < -0.4 is 4.74 Å². The van der Waals surface area contributed by atoms with Crippen molar-refractivity contribution < 1.29 is 14.5 Å². The predicted molar refractivity (Wildman–Crippen MR) is 47.5 cm³/mol. The summed E-state index contributed by atoms with van der Waals surface area (Å²) in [4.78, 5) is 21.1. The minimum atomic E-state index is -0.568. The van der Waals surface area contributed by atoms with Crippen molar-refractivity contribution in [2.24, 2.45) is 0 Å². The number of rotatable bonds is 3. The Kier molecular flexibility index (Phi) is 2.62. The number of carbonyl (C=O) groups is 1. The van der Waals surface area contributed by atoms with Gasteiger partial charge in [0.15, 0.2) is 5.78 Å². The van der Waals surface area contributed by atoms with Gasteiger partial charge in [-0.3, -0.25) is 14.9 Å². The quantitative estimate of drug-likeness (QED) is 0.425. The SMILES string of the molecule is COc1sc(C(C)=O)cc1[N+](=O)[O-]. The van der Waals surface area contributed by atoms with Gasteiger partial charge in [-0.1, -0.05) is 11.3 Å². The molecule has 0 spiro atoms. The van der Waals surface area contributed by atoms with E-state index in [0.29, 0.717) is 4.88 Å². The van der Waals surface area contributed by atoms with Crippen LogP contribution in [0.2, 0.25) is 0 Å². The van der Waals surface area contributed by atoms with E-state index in [-0.39, 0.29) is 16.5 Å². The molecule has 0 atom stereocenters. The molecule has 1 rings (SSSR count). The number of nitrogens with zero attached hydrogens (tertiary/aromatic N) is 1. The highest BCUT2D eigenvalue weighted by Crippen LogP contribution is 2.36. The van der Waals surface area contributed by atoms with Crippen LogP contribution in [0.15, 0.2) is 6.07 Å². The van der Waals surface area contributed by atoms with Crippen LogP contribution in [-0.4, -0.2) is 17.8 Å². The van der Waals surface area contributed by atoms with Crippen LogP contribution >= 0.6 is 11.3 Å². The molecular formula is C7H7NO4S. The van der Waals surface area contributed by atoms with Gasteiger partial charge >= 0.3 is 5.69 Å². The summed E-state index contributed by atoms with van der Waals surface area (Å²) in [7, 11) is 1.34. The summed E-state index contributed by atoms with van der Waals surface area (Å²) in [6.45, 7) is 1.36. The van der Waals surface area contributed by atoms with Gasteiger partial charge in [0.05, 0.1) is 16.9 Å². The Balaban J connectivity index is 3.19. The van der Waals surface area contributed by atoms with Crippen LogP contribution in [0.25, 0.3) is 0 Å². The van der Waals surface area contributed by atoms with Gasteiger partial charge in [0.2, 0.25) is 0 Å². The van der Waals surface area contributed by atoms with Gasteiger partial charge in [-0.15, -0.1) is 0 Å². The molecule has 0 aliphatic carbocycles. The van der Waals surface area contributed by atoms with Crippen molar-refractivity contribution in [3.8, 4) is 5.06 Å². The van der Waals surface area contributed by atoms with E-state index in [0.717, 1.165) is 11.3 Å². The molecule has 1 aromatic rings. The third kappa shape index (κ3) is 1.83. The first-order chi connectivity index (χ1) is 6.06. The number of hydrogen-bond donors (Lipinski definition) is 0. The summed E-state index contributed by atoms with van der Waals surface area (Å²) < 4.78 is 4.76. The van der Waals surface area contributed by atoms with Crippen molar-refractivity contribution >= 4 is 22.8 Å². The lowest BCUT2D eigenvalue weighted by Crippen LogP contribution is -1.89. The lowest BCUT2D eigenvalue weighted by Gasteiger charge is -1.91.